The summed E-state index contributed by atoms with van der Waals surface area (Å²) in [6.07, 6.45) is 0. The van der Waals surface area contributed by atoms with Gasteiger partial charge in [0.1, 0.15) is 0 Å². The summed E-state index contributed by atoms with van der Waals surface area (Å²) in [7, 11) is 1.83. The lowest BCUT2D eigenvalue weighted by Crippen LogP contribution is -2.36. The van der Waals surface area contributed by atoms with Gasteiger partial charge < -0.3 is 19.1 Å². The zero-order valence-corrected chi connectivity index (χ0v) is 16.0. The maximum atomic E-state index is 12.3. The van der Waals surface area contributed by atoms with E-state index in [0.717, 1.165) is 31.9 Å². The molecule has 26 heavy (non-hydrogen) atoms. The predicted molar refractivity (Wildman–Crippen MR) is 101 cm³/mol. The van der Waals surface area contributed by atoms with E-state index >= 15 is 0 Å². The first-order valence-corrected chi connectivity index (χ1v) is 9.80. The Morgan fingerprint density at radius 3 is 2.65 bits per heavy atom. The highest BCUT2D eigenvalue weighted by molar-refractivity contribution is 7.99. The summed E-state index contributed by atoms with van der Waals surface area (Å²) >= 11 is 1.49. The van der Waals surface area contributed by atoms with E-state index in [2.05, 4.69) is 39.3 Å². The molecule has 0 aliphatic carbocycles. The molecule has 1 saturated heterocycles. The van der Waals surface area contributed by atoms with Crippen LogP contribution in [-0.2, 0) is 21.8 Å². The number of aryl methyl sites for hydroxylation is 1. The van der Waals surface area contributed by atoms with Crippen molar-refractivity contribution in [3.8, 4) is 0 Å². The Labute approximate surface area is 157 Å². The van der Waals surface area contributed by atoms with Crippen molar-refractivity contribution in [2.75, 3.05) is 44.0 Å². The number of morpholine rings is 1. The normalized spacial score (nSPS) is 14.5. The van der Waals surface area contributed by atoms with E-state index in [1.54, 1.807) is 11.8 Å². The van der Waals surface area contributed by atoms with Crippen molar-refractivity contribution < 1.29 is 14.1 Å². The number of aromatic nitrogens is 2. The number of thioether (sulfide) groups is 1. The fraction of sp³-hybridized carbons (Fsp3) is 0.500. The second-order valence-electron chi connectivity index (χ2n) is 6.24. The first-order valence-electron chi connectivity index (χ1n) is 8.64. The van der Waals surface area contributed by atoms with Crippen LogP contribution in [-0.4, -0.2) is 60.1 Å². The maximum absolute atomic E-state index is 12.3. The van der Waals surface area contributed by atoms with Gasteiger partial charge in [-0.15, -0.1) is 11.8 Å². The fourth-order valence-corrected chi connectivity index (χ4v) is 3.53. The smallest absolute Gasteiger partial charge is 0.232 e. The minimum Gasteiger partial charge on any atom is -0.378 e. The Balaban J connectivity index is 1.44. The number of amides is 1. The maximum Gasteiger partial charge on any atom is 0.232 e. The van der Waals surface area contributed by atoms with Gasteiger partial charge in [-0.25, -0.2) is 0 Å². The van der Waals surface area contributed by atoms with Gasteiger partial charge in [0.15, 0.2) is 5.82 Å². The molecule has 0 N–H and O–H groups in total. The van der Waals surface area contributed by atoms with Crippen LogP contribution in [0, 0.1) is 6.92 Å². The molecule has 0 saturated carbocycles. The minimum absolute atomic E-state index is 0.0903. The summed E-state index contributed by atoms with van der Waals surface area (Å²) in [4.78, 5) is 20.5. The third-order valence-electron chi connectivity index (χ3n) is 4.18. The number of nitrogens with zero attached hydrogens (tertiary/aromatic N) is 4. The minimum atomic E-state index is 0.0903. The average molecular weight is 376 g/mol. The molecule has 1 aliphatic heterocycles. The van der Waals surface area contributed by atoms with Gasteiger partial charge in [0.2, 0.25) is 11.8 Å². The van der Waals surface area contributed by atoms with Crippen molar-refractivity contribution >= 4 is 23.4 Å². The molecule has 0 bridgehead atoms. The lowest BCUT2D eigenvalue weighted by Gasteiger charge is -2.29. The molecule has 0 spiro atoms. The van der Waals surface area contributed by atoms with E-state index in [1.807, 2.05) is 7.05 Å². The van der Waals surface area contributed by atoms with Crippen LogP contribution in [0.25, 0.3) is 0 Å². The van der Waals surface area contributed by atoms with Gasteiger partial charge >= 0.3 is 0 Å². The second-order valence-corrected chi connectivity index (χ2v) is 7.22. The fourth-order valence-electron chi connectivity index (χ4n) is 2.74. The molecule has 1 amide bonds. The van der Waals surface area contributed by atoms with Crippen molar-refractivity contribution in [2.24, 2.45) is 0 Å². The number of hydrogen-bond acceptors (Lipinski definition) is 7. The van der Waals surface area contributed by atoms with Gasteiger partial charge in [0.25, 0.3) is 0 Å². The monoisotopic (exact) mass is 376 g/mol. The lowest BCUT2D eigenvalue weighted by molar-refractivity contribution is -0.127. The molecule has 1 fully saturated rings. The highest BCUT2D eigenvalue weighted by Gasteiger charge is 2.13. The van der Waals surface area contributed by atoms with Crippen LogP contribution in [0.3, 0.4) is 0 Å². The van der Waals surface area contributed by atoms with Crippen molar-refractivity contribution in [3.05, 3.63) is 41.5 Å². The molecule has 7 nitrogen and oxygen atoms in total. The summed E-state index contributed by atoms with van der Waals surface area (Å²) in [5, 5.41) is 3.83. The summed E-state index contributed by atoms with van der Waals surface area (Å²) in [5.41, 5.74) is 2.33. The van der Waals surface area contributed by atoms with E-state index in [1.165, 1.54) is 17.4 Å². The third kappa shape index (κ3) is 5.22. The van der Waals surface area contributed by atoms with E-state index in [4.69, 9.17) is 9.26 Å². The first kappa shape index (κ1) is 18.7. The molecular formula is C18H24N4O3S. The Kier molecular flexibility index (Phi) is 6.51. The largest absolute Gasteiger partial charge is 0.378 e. The van der Waals surface area contributed by atoms with Gasteiger partial charge in [-0.1, -0.05) is 17.3 Å². The van der Waals surface area contributed by atoms with Gasteiger partial charge in [-0.2, -0.15) is 4.98 Å². The second kappa shape index (κ2) is 9.05. The van der Waals surface area contributed by atoms with Crippen LogP contribution in [0.1, 0.15) is 17.3 Å². The molecule has 8 heteroatoms. The predicted octanol–water partition coefficient (Wildman–Crippen LogP) is 2.11. The van der Waals surface area contributed by atoms with Gasteiger partial charge in [0, 0.05) is 39.3 Å². The van der Waals surface area contributed by atoms with Crippen molar-refractivity contribution in [1.29, 1.82) is 0 Å². The SMILES string of the molecule is Cc1nc(CSCC(=O)N(C)Cc2ccc(N3CCOCC3)cc2)no1. The topological polar surface area (TPSA) is 71.7 Å². The molecule has 1 aromatic heterocycles. The third-order valence-corrected chi connectivity index (χ3v) is 5.10. The molecule has 1 aliphatic rings. The number of carbonyl (C=O) groups is 1. The molecule has 140 valence electrons. The van der Waals surface area contributed by atoms with Crippen molar-refractivity contribution in [1.82, 2.24) is 15.0 Å². The van der Waals surface area contributed by atoms with Crippen LogP contribution in [0.2, 0.25) is 0 Å². The van der Waals surface area contributed by atoms with Crippen LogP contribution in [0.5, 0.6) is 0 Å². The summed E-state index contributed by atoms with van der Waals surface area (Å²) in [5.74, 6) is 2.24. The lowest BCUT2D eigenvalue weighted by atomic mass is 10.2. The van der Waals surface area contributed by atoms with E-state index < -0.39 is 0 Å². The van der Waals surface area contributed by atoms with Crippen molar-refractivity contribution in [2.45, 2.75) is 19.2 Å². The highest BCUT2D eigenvalue weighted by Crippen LogP contribution is 2.18. The summed E-state index contributed by atoms with van der Waals surface area (Å²) in [6.45, 7) is 5.76. The number of ether oxygens (including phenoxy) is 1. The molecule has 3 rings (SSSR count). The number of benzene rings is 1. The van der Waals surface area contributed by atoms with Gasteiger partial charge in [-0.3, -0.25) is 4.79 Å². The van der Waals surface area contributed by atoms with Crippen LogP contribution < -0.4 is 4.90 Å². The summed E-state index contributed by atoms with van der Waals surface area (Å²) in [6, 6.07) is 8.41. The van der Waals surface area contributed by atoms with Gasteiger partial charge in [-0.05, 0) is 17.7 Å². The van der Waals surface area contributed by atoms with Crippen LogP contribution in [0.15, 0.2) is 28.8 Å². The quantitative estimate of drug-likeness (QED) is 0.733. The molecule has 0 radical (unpaired) electrons. The Morgan fingerprint density at radius 1 is 1.27 bits per heavy atom. The first-order chi connectivity index (χ1) is 12.6. The van der Waals surface area contributed by atoms with Crippen molar-refractivity contribution in [3.63, 3.8) is 0 Å². The zero-order chi connectivity index (χ0) is 18.4. The van der Waals surface area contributed by atoms with Gasteiger partial charge in [0.05, 0.1) is 24.7 Å². The van der Waals surface area contributed by atoms with E-state index in [9.17, 15) is 4.79 Å². The number of anilines is 1. The average Bonchev–Trinajstić information content (AvgIpc) is 3.08. The molecule has 0 atom stereocenters. The molecule has 1 aromatic carbocycles. The van der Waals surface area contributed by atoms with Crippen LogP contribution >= 0.6 is 11.8 Å². The van der Waals surface area contributed by atoms with E-state index in [0.29, 0.717) is 29.8 Å². The molecule has 2 heterocycles. The zero-order valence-electron chi connectivity index (χ0n) is 15.2. The highest BCUT2D eigenvalue weighted by atomic mass is 32.2. The Hall–Kier alpha value is -2.06. The molecule has 0 unspecified atom stereocenters. The standard InChI is InChI=1S/C18H24N4O3S/c1-14-19-17(20-25-14)12-26-13-18(23)21(2)11-15-3-5-16(6-4-15)22-7-9-24-10-8-22/h3-6H,7-13H2,1-2H3. The Bertz CT molecular complexity index is 713. The number of hydrogen-bond donors (Lipinski definition) is 0. The number of carbonyl (C=O) groups excluding carboxylic acids is 1. The molecular weight excluding hydrogens is 352 g/mol. The number of rotatable bonds is 7. The Morgan fingerprint density at radius 2 is 2.00 bits per heavy atom. The summed E-state index contributed by atoms with van der Waals surface area (Å²) < 4.78 is 10.3. The van der Waals surface area contributed by atoms with E-state index in [-0.39, 0.29) is 5.91 Å². The van der Waals surface area contributed by atoms with Crippen LogP contribution in [0.4, 0.5) is 5.69 Å². The molecule has 2 aromatic rings.